The van der Waals surface area contributed by atoms with Gasteiger partial charge in [0.25, 0.3) is 0 Å². The molecule has 1 aromatic carbocycles. The molecule has 0 amide bonds. The van der Waals surface area contributed by atoms with Crippen LogP contribution in [-0.2, 0) is 20.7 Å². The second-order valence-corrected chi connectivity index (χ2v) is 17.1. The lowest BCUT2D eigenvalue weighted by Crippen LogP contribution is -2.33. The first-order valence-corrected chi connectivity index (χ1v) is 21.6. The molecule has 0 aliphatic carbocycles. The summed E-state index contributed by atoms with van der Waals surface area (Å²) in [6, 6.07) is 3.59. The number of hydrogen-bond acceptors (Lipinski definition) is 5. The summed E-state index contributed by atoms with van der Waals surface area (Å²) < 4.78 is 17.9. The fraction of sp³-hybridized carbons (Fsp3) is 0.729. The Bertz CT molecular complexity index is 1280. The molecule has 0 saturated carbocycles. The number of rotatable bonds is 28. The lowest BCUT2D eigenvalue weighted by Gasteiger charge is -2.24. The first-order chi connectivity index (χ1) is 25.2. The van der Waals surface area contributed by atoms with Crippen LogP contribution in [0.3, 0.4) is 0 Å². The molecule has 1 aliphatic heterocycles. The SMILES string of the molecule is CCCCCCCCCCCCCCCCCC(=O)Oc1cc(C)c(O)c(C/C=C(\C)CC/C=C(\C)CC/C=C(\C)CC[C@H]2OC(C)(C)OC2(C)C)c1. The number of phenolic OH excluding ortho intramolecular Hbond substituents is 1. The third-order valence-corrected chi connectivity index (χ3v) is 10.8. The number of allylic oxidation sites excluding steroid dienone is 6. The molecular weight excluding hydrogens is 657 g/mol. The van der Waals surface area contributed by atoms with Crippen LogP contribution in [0.4, 0.5) is 0 Å². The van der Waals surface area contributed by atoms with Gasteiger partial charge in [0.05, 0.1) is 11.7 Å². The van der Waals surface area contributed by atoms with Gasteiger partial charge in [0.2, 0.25) is 0 Å². The number of benzene rings is 1. The molecule has 5 heteroatoms. The quantitative estimate of drug-likeness (QED) is 0.0402. The van der Waals surface area contributed by atoms with Crippen molar-refractivity contribution >= 4 is 5.97 Å². The Kier molecular flexibility index (Phi) is 22.7. The summed E-state index contributed by atoms with van der Waals surface area (Å²) in [5.74, 6) is 0.127. The van der Waals surface area contributed by atoms with Gasteiger partial charge in [0.15, 0.2) is 5.79 Å². The standard InChI is InChI=1S/C48H80O5/c1-10-11-12-13-14-15-16-17-18-19-20-21-22-23-24-31-45(49)51-43-36-41(5)46(50)42(37-43)34-32-39(3)29-25-27-38(2)28-26-30-40(4)33-35-44-47(6,7)53-48(8,9)52-44/h27,30,32,36-37,44,50H,10-26,28-29,31,33-35H2,1-9H3/b38-27+,39-32+,40-30+/t44-/m1/s1. The number of carbonyl (C=O) groups excluding carboxylic acids is 1. The topological polar surface area (TPSA) is 65.0 Å². The number of aromatic hydroxyl groups is 1. The first-order valence-electron chi connectivity index (χ1n) is 21.6. The monoisotopic (exact) mass is 737 g/mol. The van der Waals surface area contributed by atoms with Crippen LogP contribution in [0, 0.1) is 6.92 Å². The summed E-state index contributed by atoms with van der Waals surface area (Å²) in [6.07, 6.45) is 33.8. The minimum atomic E-state index is -0.506. The van der Waals surface area contributed by atoms with Crippen molar-refractivity contribution in [1.29, 1.82) is 0 Å². The van der Waals surface area contributed by atoms with Crippen molar-refractivity contribution in [3.63, 3.8) is 0 Å². The normalized spacial score (nSPS) is 17.5. The Morgan fingerprint density at radius 3 is 1.72 bits per heavy atom. The van der Waals surface area contributed by atoms with E-state index in [0.717, 1.165) is 62.5 Å². The van der Waals surface area contributed by atoms with Crippen LogP contribution < -0.4 is 4.74 Å². The maximum atomic E-state index is 12.6. The van der Waals surface area contributed by atoms with Crippen molar-refractivity contribution in [3.05, 3.63) is 58.2 Å². The number of aryl methyl sites for hydroxylation is 1. The average molecular weight is 737 g/mol. The predicted molar refractivity (Wildman–Crippen MR) is 225 cm³/mol. The molecular formula is C48H80O5. The lowest BCUT2D eigenvalue weighted by atomic mass is 9.95. The zero-order valence-electron chi connectivity index (χ0n) is 35.8. The molecule has 2 rings (SSSR count). The highest BCUT2D eigenvalue weighted by Crippen LogP contribution is 2.38. The van der Waals surface area contributed by atoms with Crippen molar-refractivity contribution in [3.8, 4) is 11.5 Å². The number of unbranched alkanes of at least 4 members (excludes halogenated alkanes) is 14. The summed E-state index contributed by atoms with van der Waals surface area (Å²) in [5.41, 5.74) is 5.41. The highest BCUT2D eigenvalue weighted by molar-refractivity contribution is 5.72. The molecule has 1 atom stereocenters. The summed E-state index contributed by atoms with van der Waals surface area (Å²) in [5, 5.41) is 10.7. The number of esters is 1. The molecule has 1 fully saturated rings. The molecule has 1 heterocycles. The van der Waals surface area contributed by atoms with Gasteiger partial charge in [-0.25, -0.2) is 0 Å². The van der Waals surface area contributed by atoms with Gasteiger partial charge in [-0.2, -0.15) is 0 Å². The van der Waals surface area contributed by atoms with Crippen LogP contribution in [0.5, 0.6) is 11.5 Å². The third kappa shape index (κ3) is 20.8. The lowest BCUT2D eigenvalue weighted by molar-refractivity contribution is -0.157. The first kappa shape index (κ1) is 46.8. The van der Waals surface area contributed by atoms with E-state index in [-0.39, 0.29) is 23.4 Å². The number of phenols is 1. The molecule has 0 unspecified atom stereocenters. The average Bonchev–Trinajstić information content (AvgIpc) is 3.31. The Hall–Kier alpha value is -2.37. The summed E-state index contributed by atoms with van der Waals surface area (Å²) in [4.78, 5) is 12.6. The molecule has 0 radical (unpaired) electrons. The third-order valence-electron chi connectivity index (χ3n) is 10.8. The van der Waals surface area contributed by atoms with Crippen LogP contribution in [0.1, 0.15) is 208 Å². The zero-order chi connectivity index (χ0) is 39.1. The van der Waals surface area contributed by atoms with E-state index in [2.05, 4.69) is 59.8 Å². The van der Waals surface area contributed by atoms with Crippen molar-refractivity contribution in [1.82, 2.24) is 0 Å². The highest BCUT2D eigenvalue weighted by Gasteiger charge is 2.46. The van der Waals surface area contributed by atoms with Gasteiger partial charge in [0, 0.05) is 12.0 Å². The van der Waals surface area contributed by atoms with E-state index in [9.17, 15) is 9.90 Å². The minimum Gasteiger partial charge on any atom is -0.507 e. The van der Waals surface area contributed by atoms with E-state index < -0.39 is 5.79 Å². The minimum absolute atomic E-state index is 0.117. The zero-order valence-corrected chi connectivity index (χ0v) is 35.8. The Morgan fingerprint density at radius 1 is 0.717 bits per heavy atom. The number of hydrogen-bond donors (Lipinski definition) is 1. The molecule has 0 aromatic heterocycles. The Labute approximate surface area is 326 Å². The second kappa shape index (κ2) is 25.7. The van der Waals surface area contributed by atoms with E-state index in [1.54, 1.807) is 6.07 Å². The Balaban J connectivity index is 1.62. The molecule has 0 bridgehead atoms. The van der Waals surface area contributed by atoms with Crippen LogP contribution in [0.2, 0.25) is 0 Å². The van der Waals surface area contributed by atoms with E-state index in [0.29, 0.717) is 18.6 Å². The predicted octanol–water partition coefficient (Wildman–Crippen LogP) is 14.5. The maximum absolute atomic E-state index is 12.6. The molecule has 1 saturated heterocycles. The molecule has 53 heavy (non-hydrogen) atoms. The number of ether oxygens (including phenoxy) is 3. The summed E-state index contributed by atoms with van der Waals surface area (Å²) >= 11 is 0. The van der Waals surface area contributed by atoms with Crippen molar-refractivity contribution < 1.29 is 24.1 Å². The van der Waals surface area contributed by atoms with Crippen LogP contribution >= 0.6 is 0 Å². The molecule has 302 valence electrons. The second-order valence-electron chi connectivity index (χ2n) is 17.1. The highest BCUT2D eigenvalue weighted by atomic mass is 16.8. The fourth-order valence-electron chi connectivity index (χ4n) is 7.51. The van der Waals surface area contributed by atoms with Gasteiger partial charge in [-0.1, -0.05) is 132 Å². The smallest absolute Gasteiger partial charge is 0.311 e. The van der Waals surface area contributed by atoms with Crippen LogP contribution in [0.25, 0.3) is 0 Å². The van der Waals surface area contributed by atoms with Crippen molar-refractivity contribution in [2.24, 2.45) is 0 Å². The summed E-state index contributed by atoms with van der Waals surface area (Å²) in [6.45, 7) is 19.0. The van der Waals surface area contributed by atoms with E-state index >= 15 is 0 Å². The maximum Gasteiger partial charge on any atom is 0.311 e. The van der Waals surface area contributed by atoms with E-state index in [4.69, 9.17) is 14.2 Å². The molecule has 1 aliphatic rings. The van der Waals surface area contributed by atoms with Gasteiger partial charge < -0.3 is 19.3 Å². The molecule has 0 spiro atoms. The molecule has 5 nitrogen and oxygen atoms in total. The van der Waals surface area contributed by atoms with Gasteiger partial charge in [0.1, 0.15) is 11.5 Å². The Morgan fingerprint density at radius 2 is 1.21 bits per heavy atom. The van der Waals surface area contributed by atoms with E-state index in [1.165, 1.54) is 100 Å². The van der Waals surface area contributed by atoms with Crippen LogP contribution in [0.15, 0.2) is 47.1 Å². The molecule has 1 aromatic rings. The largest absolute Gasteiger partial charge is 0.507 e. The summed E-state index contributed by atoms with van der Waals surface area (Å²) in [7, 11) is 0. The van der Waals surface area contributed by atoms with Gasteiger partial charge in [-0.3, -0.25) is 4.79 Å². The van der Waals surface area contributed by atoms with E-state index in [1.807, 2.05) is 26.8 Å². The molecule has 1 N–H and O–H groups in total. The fourth-order valence-corrected chi connectivity index (χ4v) is 7.51. The van der Waals surface area contributed by atoms with Crippen molar-refractivity contribution in [2.75, 3.05) is 0 Å². The van der Waals surface area contributed by atoms with Crippen LogP contribution in [-0.4, -0.2) is 28.6 Å². The van der Waals surface area contributed by atoms with Crippen molar-refractivity contribution in [2.45, 2.75) is 227 Å². The van der Waals surface area contributed by atoms with Gasteiger partial charge in [-0.05, 0) is 124 Å². The van der Waals surface area contributed by atoms with Gasteiger partial charge in [-0.15, -0.1) is 0 Å². The number of carbonyl (C=O) groups is 1. The van der Waals surface area contributed by atoms with Gasteiger partial charge >= 0.3 is 5.97 Å².